The van der Waals surface area contributed by atoms with Crippen molar-refractivity contribution in [3.05, 3.63) is 53.8 Å². The first-order valence-electron chi connectivity index (χ1n) is 11.7. The van der Waals surface area contributed by atoms with Gasteiger partial charge in [0.05, 0.1) is 23.7 Å². The highest BCUT2D eigenvalue weighted by Crippen LogP contribution is 2.28. The summed E-state index contributed by atoms with van der Waals surface area (Å²) in [7, 11) is -3.92. The molecule has 0 aliphatic carbocycles. The molecule has 0 spiro atoms. The van der Waals surface area contributed by atoms with E-state index in [1.54, 1.807) is 18.2 Å². The number of amides is 1. The summed E-state index contributed by atoms with van der Waals surface area (Å²) in [6.45, 7) is 6.43. The maximum Gasteiger partial charge on any atom is 0.261 e. The lowest BCUT2D eigenvalue weighted by atomic mass is 10.1. The Morgan fingerprint density at radius 3 is 2.41 bits per heavy atom. The van der Waals surface area contributed by atoms with E-state index in [0.29, 0.717) is 12.1 Å². The number of halogens is 1. The molecule has 2 aliphatic heterocycles. The van der Waals surface area contributed by atoms with Crippen molar-refractivity contribution in [3.63, 3.8) is 0 Å². The molecular formula is C24H31FN4O4S. The molecule has 0 saturated carbocycles. The molecule has 10 heteroatoms. The normalized spacial score (nSPS) is 17.0. The smallest absolute Gasteiger partial charge is 0.261 e. The standard InChI is InChI=1S/C24H31FN4O4S/c25-19-4-7-21(8-5-19)34(31,32)27-20-6-9-23(29-12-1-2-13-29)22(18-20)24(30)26-10-3-11-28-14-16-33-17-15-28/h4-9,18,27H,1-3,10-17H2,(H,26,30). The lowest BCUT2D eigenvalue weighted by Gasteiger charge is -2.26. The molecule has 34 heavy (non-hydrogen) atoms. The quantitative estimate of drug-likeness (QED) is 0.526. The molecule has 1 amide bonds. The topological polar surface area (TPSA) is 91.0 Å². The molecule has 0 atom stereocenters. The number of nitrogens with zero attached hydrogens (tertiary/aromatic N) is 2. The van der Waals surface area contributed by atoms with Crippen LogP contribution in [0.15, 0.2) is 47.4 Å². The Labute approximate surface area is 200 Å². The fraction of sp³-hybridized carbons (Fsp3) is 0.458. The summed E-state index contributed by atoms with van der Waals surface area (Å²) in [5.74, 6) is -0.742. The lowest BCUT2D eigenvalue weighted by Crippen LogP contribution is -2.38. The van der Waals surface area contributed by atoms with Crippen LogP contribution < -0.4 is 14.9 Å². The molecule has 0 aromatic heterocycles. The van der Waals surface area contributed by atoms with Crippen LogP contribution in [0.4, 0.5) is 15.8 Å². The van der Waals surface area contributed by atoms with E-state index in [1.807, 2.05) is 0 Å². The van der Waals surface area contributed by atoms with Crippen LogP contribution >= 0.6 is 0 Å². The number of nitrogens with one attached hydrogen (secondary N) is 2. The molecule has 0 unspecified atom stereocenters. The van der Waals surface area contributed by atoms with Gasteiger partial charge in [0, 0.05) is 44.1 Å². The predicted octanol–water partition coefficient (Wildman–Crippen LogP) is 2.68. The first-order chi connectivity index (χ1) is 16.4. The minimum Gasteiger partial charge on any atom is -0.379 e. The molecular weight excluding hydrogens is 459 g/mol. The number of sulfonamides is 1. The first-order valence-corrected chi connectivity index (χ1v) is 13.2. The largest absolute Gasteiger partial charge is 0.379 e. The third kappa shape index (κ3) is 6.25. The highest BCUT2D eigenvalue weighted by molar-refractivity contribution is 7.92. The van der Waals surface area contributed by atoms with Crippen molar-refractivity contribution in [1.82, 2.24) is 10.2 Å². The van der Waals surface area contributed by atoms with Gasteiger partial charge in [0.2, 0.25) is 0 Å². The van der Waals surface area contributed by atoms with Gasteiger partial charge in [-0.05, 0) is 68.3 Å². The molecule has 2 saturated heterocycles. The van der Waals surface area contributed by atoms with Gasteiger partial charge in [-0.2, -0.15) is 0 Å². The summed E-state index contributed by atoms with van der Waals surface area (Å²) in [5.41, 5.74) is 1.52. The fourth-order valence-corrected chi connectivity index (χ4v) is 5.32. The van der Waals surface area contributed by atoms with Gasteiger partial charge in [-0.1, -0.05) is 0 Å². The number of carbonyl (C=O) groups excluding carboxylic acids is 1. The minimum atomic E-state index is -3.92. The van der Waals surface area contributed by atoms with E-state index in [0.717, 1.165) is 83.0 Å². The summed E-state index contributed by atoms with van der Waals surface area (Å²) in [4.78, 5) is 17.5. The minimum absolute atomic E-state index is 0.0494. The highest BCUT2D eigenvalue weighted by atomic mass is 32.2. The maximum absolute atomic E-state index is 13.2. The van der Waals surface area contributed by atoms with Crippen molar-refractivity contribution < 1.29 is 22.3 Å². The summed E-state index contributed by atoms with van der Waals surface area (Å²) in [5, 5.41) is 2.99. The number of anilines is 2. The molecule has 2 heterocycles. The monoisotopic (exact) mass is 490 g/mol. The Morgan fingerprint density at radius 2 is 1.71 bits per heavy atom. The van der Waals surface area contributed by atoms with Crippen molar-refractivity contribution in [2.24, 2.45) is 0 Å². The second kappa shape index (κ2) is 11.2. The molecule has 0 bridgehead atoms. The van der Waals surface area contributed by atoms with Gasteiger partial charge in [0.1, 0.15) is 5.82 Å². The van der Waals surface area contributed by atoms with E-state index in [4.69, 9.17) is 4.74 Å². The molecule has 8 nitrogen and oxygen atoms in total. The Morgan fingerprint density at radius 1 is 1.00 bits per heavy atom. The van der Waals surface area contributed by atoms with Crippen molar-refractivity contribution in [2.75, 3.05) is 62.1 Å². The van der Waals surface area contributed by atoms with Crippen molar-refractivity contribution in [3.8, 4) is 0 Å². The van der Waals surface area contributed by atoms with Crippen LogP contribution in [0.3, 0.4) is 0 Å². The zero-order chi connectivity index (χ0) is 24.0. The number of hydrogen-bond donors (Lipinski definition) is 2. The van der Waals surface area contributed by atoms with Gasteiger partial charge in [-0.15, -0.1) is 0 Å². The van der Waals surface area contributed by atoms with Gasteiger partial charge in [0.25, 0.3) is 15.9 Å². The van der Waals surface area contributed by atoms with E-state index >= 15 is 0 Å². The molecule has 2 aromatic rings. The molecule has 4 rings (SSSR count). The zero-order valence-corrected chi connectivity index (χ0v) is 19.9. The number of benzene rings is 2. The van der Waals surface area contributed by atoms with E-state index in [1.165, 1.54) is 12.1 Å². The van der Waals surface area contributed by atoms with Crippen molar-refractivity contribution in [1.29, 1.82) is 0 Å². The maximum atomic E-state index is 13.2. The van der Waals surface area contributed by atoms with E-state index in [-0.39, 0.29) is 16.5 Å². The molecule has 2 aliphatic rings. The van der Waals surface area contributed by atoms with Crippen LogP contribution in [0.25, 0.3) is 0 Å². The number of hydrogen-bond acceptors (Lipinski definition) is 6. The van der Waals surface area contributed by atoms with Crippen LogP contribution in [-0.2, 0) is 14.8 Å². The van der Waals surface area contributed by atoms with Gasteiger partial charge >= 0.3 is 0 Å². The van der Waals surface area contributed by atoms with Crippen molar-refractivity contribution >= 4 is 27.3 Å². The Bertz CT molecular complexity index is 1080. The Kier molecular flexibility index (Phi) is 8.02. The number of rotatable bonds is 9. The molecule has 0 radical (unpaired) electrons. The van der Waals surface area contributed by atoms with Crippen LogP contribution in [0, 0.1) is 5.82 Å². The van der Waals surface area contributed by atoms with Gasteiger partial charge in [-0.3, -0.25) is 14.4 Å². The second-order valence-electron chi connectivity index (χ2n) is 8.55. The zero-order valence-electron chi connectivity index (χ0n) is 19.1. The SMILES string of the molecule is O=C(NCCCN1CCOCC1)c1cc(NS(=O)(=O)c2ccc(F)cc2)ccc1N1CCCC1. The van der Waals surface area contributed by atoms with Gasteiger partial charge in [-0.25, -0.2) is 12.8 Å². The predicted molar refractivity (Wildman–Crippen MR) is 129 cm³/mol. The summed E-state index contributed by atoms with van der Waals surface area (Å²) in [6, 6.07) is 9.63. The van der Waals surface area contributed by atoms with Crippen LogP contribution in [0.2, 0.25) is 0 Å². The molecule has 2 fully saturated rings. The van der Waals surface area contributed by atoms with Crippen LogP contribution in [0.1, 0.15) is 29.6 Å². The summed E-state index contributed by atoms with van der Waals surface area (Å²) < 4.78 is 46.5. The Hall–Kier alpha value is -2.69. The van der Waals surface area contributed by atoms with E-state index in [2.05, 4.69) is 19.8 Å². The molecule has 2 aromatic carbocycles. The van der Waals surface area contributed by atoms with Gasteiger partial charge < -0.3 is 15.0 Å². The third-order valence-electron chi connectivity index (χ3n) is 6.10. The van der Waals surface area contributed by atoms with Crippen LogP contribution in [0.5, 0.6) is 0 Å². The average Bonchev–Trinajstić information content (AvgIpc) is 3.37. The lowest BCUT2D eigenvalue weighted by molar-refractivity contribution is 0.0374. The average molecular weight is 491 g/mol. The van der Waals surface area contributed by atoms with E-state index in [9.17, 15) is 17.6 Å². The first kappa shape index (κ1) is 24.4. The number of morpholine rings is 1. The number of ether oxygens (including phenoxy) is 1. The summed E-state index contributed by atoms with van der Waals surface area (Å²) >= 11 is 0. The highest BCUT2D eigenvalue weighted by Gasteiger charge is 2.22. The van der Waals surface area contributed by atoms with E-state index < -0.39 is 15.8 Å². The summed E-state index contributed by atoms with van der Waals surface area (Å²) in [6.07, 6.45) is 2.93. The fourth-order valence-electron chi connectivity index (χ4n) is 4.27. The van der Waals surface area contributed by atoms with Crippen LogP contribution in [-0.4, -0.2) is 71.7 Å². The Balaban J connectivity index is 1.46. The second-order valence-corrected chi connectivity index (χ2v) is 10.2. The number of carbonyl (C=O) groups is 1. The third-order valence-corrected chi connectivity index (χ3v) is 7.50. The molecule has 184 valence electrons. The van der Waals surface area contributed by atoms with Crippen molar-refractivity contribution in [2.45, 2.75) is 24.2 Å². The molecule has 2 N–H and O–H groups in total. The van der Waals surface area contributed by atoms with Gasteiger partial charge in [0.15, 0.2) is 0 Å².